The van der Waals surface area contributed by atoms with Crippen LogP contribution in [0.2, 0.25) is 0 Å². The van der Waals surface area contributed by atoms with Gasteiger partial charge in [-0.05, 0) is 38.1 Å². The Morgan fingerprint density at radius 3 is 2.17 bits per heavy atom. The number of allylic oxidation sites excluding steroid dienone is 1. The van der Waals surface area contributed by atoms with Crippen LogP contribution in [0.5, 0.6) is 0 Å². The summed E-state index contributed by atoms with van der Waals surface area (Å²) in [6, 6.07) is 3.63. The third kappa shape index (κ3) is 2.66. The second kappa shape index (κ2) is 5.73. The Morgan fingerprint density at radius 2 is 1.71 bits per heavy atom. The van der Waals surface area contributed by atoms with Gasteiger partial charge in [0.1, 0.15) is 11.6 Å². The van der Waals surface area contributed by atoms with E-state index in [1.54, 1.807) is 5.32 Å². The molecule has 1 N–H and O–H groups in total. The summed E-state index contributed by atoms with van der Waals surface area (Å²) in [5.74, 6) is -5.44. The summed E-state index contributed by atoms with van der Waals surface area (Å²) < 4.78 is 58.2. The number of benzene rings is 1. The van der Waals surface area contributed by atoms with Gasteiger partial charge in [-0.25, -0.2) is 9.18 Å². The topological polar surface area (TPSA) is 72.5 Å². The Bertz CT molecular complexity index is 752. The summed E-state index contributed by atoms with van der Waals surface area (Å²) in [6.07, 6.45) is -5.32. The smallest absolute Gasteiger partial charge is 0.427 e. The van der Waals surface area contributed by atoms with Crippen LogP contribution in [0.3, 0.4) is 0 Å². The first-order valence-electron chi connectivity index (χ1n) is 6.60. The largest absolute Gasteiger partial charge is 0.429 e. The van der Waals surface area contributed by atoms with Gasteiger partial charge in [0.2, 0.25) is 0 Å². The van der Waals surface area contributed by atoms with E-state index in [2.05, 4.69) is 4.74 Å². The van der Waals surface area contributed by atoms with Crippen molar-refractivity contribution in [1.82, 2.24) is 5.32 Å². The van der Waals surface area contributed by atoms with Gasteiger partial charge in [-0.3, -0.25) is 9.59 Å². The number of cyclic esters (lactones) is 1. The molecule has 128 valence electrons. The fourth-order valence-electron chi connectivity index (χ4n) is 2.43. The zero-order valence-corrected chi connectivity index (χ0v) is 12.5. The van der Waals surface area contributed by atoms with Gasteiger partial charge in [0.15, 0.2) is 5.78 Å². The van der Waals surface area contributed by atoms with Crippen molar-refractivity contribution in [2.24, 2.45) is 0 Å². The van der Waals surface area contributed by atoms with E-state index in [-0.39, 0.29) is 5.56 Å². The van der Waals surface area contributed by atoms with Gasteiger partial charge in [0.05, 0.1) is 5.57 Å². The molecule has 1 atom stereocenters. The highest BCUT2D eigenvalue weighted by Crippen LogP contribution is 2.43. The number of rotatable bonds is 3. The maximum atomic E-state index is 13.6. The maximum absolute atomic E-state index is 13.6. The number of esters is 1. The van der Waals surface area contributed by atoms with E-state index in [0.29, 0.717) is 0 Å². The molecule has 0 aromatic heterocycles. The van der Waals surface area contributed by atoms with Crippen molar-refractivity contribution < 1.29 is 36.7 Å². The molecule has 0 saturated carbocycles. The molecule has 0 radical (unpaired) electrons. The Morgan fingerprint density at radius 1 is 1.17 bits per heavy atom. The van der Waals surface area contributed by atoms with Crippen molar-refractivity contribution in [1.29, 1.82) is 0 Å². The summed E-state index contributed by atoms with van der Waals surface area (Å²) in [6.45, 7) is 1.84. The number of ketones is 1. The molecule has 0 fully saturated rings. The number of hydrogen-bond donors (Lipinski definition) is 1. The second-order valence-electron chi connectivity index (χ2n) is 5.09. The van der Waals surface area contributed by atoms with Crippen molar-refractivity contribution in [2.75, 3.05) is 0 Å². The summed E-state index contributed by atoms with van der Waals surface area (Å²) in [4.78, 5) is 35.6. The van der Waals surface area contributed by atoms with Crippen LogP contribution in [0.25, 0.3) is 0 Å². The lowest BCUT2D eigenvalue weighted by Gasteiger charge is -2.30. The van der Waals surface area contributed by atoms with Crippen LogP contribution in [0.1, 0.15) is 24.2 Å². The number of Topliss-reactive ketones (excluding diaryl/α,β-unsaturated/α-hetero) is 1. The lowest BCUT2D eigenvalue weighted by Crippen LogP contribution is -2.64. The fraction of sp³-hybridized carbons (Fsp3) is 0.267. The molecule has 5 nitrogen and oxygen atoms in total. The zero-order valence-electron chi connectivity index (χ0n) is 12.5. The van der Waals surface area contributed by atoms with Crippen molar-refractivity contribution >= 4 is 17.7 Å². The molecule has 2 rings (SSSR count). The van der Waals surface area contributed by atoms with Gasteiger partial charge in [0.25, 0.3) is 11.4 Å². The standard InChI is InChI=1S/C15H11F4NO4/c1-7(21)11-8(2)24-13(23)14(11,15(17,18)19)20-12(22)9-3-5-10(16)6-4-9/h3-6H,1-2H3,(H,20,22)/t14-/m0/s1. The molecule has 0 bridgehead atoms. The lowest BCUT2D eigenvalue weighted by atomic mass is 9.86. The van der Waals surface area contributed by atoms with Crippen molar-refractivity contribution in [2.45, 2.75) is 25.6 Å². The quantitative estimate of drug-likeness (QED) is 0.674. The molecule has 1 aliphatic rings. The van der Waals surface area contributed by atoms with Crippen LogP contribution >= 0.6 is 0 Å². The van der Waals surface area contributed by atoms with Crippen LogP contribution in [0, 0.1) is 5.82 Å². The molecule has 1 amide bonds. The van der Waals surface area contributed by atoms with E-state index >= 15 is 0 Å². The fourth-order valence-corrected chi connectivity index (χ4v) is 2.43. The Balaban J connectivity index is 2.54. The average molecular weight is 345 g/mol. The molecule has 24 heavy (non-hydrogen) atoms. The Hall–Kier alpha value is -2.71. The number of nitrogens with one attached hydrogen (secondary N) is 1. The van der Waals surface area contributed by atoms with Gasteiger partial charge < -0.3 is 10.1 Å². The SMILES string of the molecule is CC(=O)C1=C(C)OC(=O)[C@]1(NC(=O)c1ccc(F)cc1)C(F)(F)F. The van der Waals surface area contributed by atoms with Crippen molar-refractivity contribution in [3.8, 4) is 0 Å². The second-order valence-corrected chi connectivity index (χ2v) is 5.09. The number of carbonyl (C=O) groups is 3. The first-order chi connectivity index (χ1) is 11.0. The normalized spacial score (nSPS) is 20.8. The summed E-state index contributed by atoms with van der Waals surface area (Å²) in [5.41, 5.74) is -4.91. The molecule has 1 aromatic rings. The molecule has 9 heteroatoms. The minimum Gasteiger partial charge on any atom is -0.429 e. The molecular weight excluding hydrogens is 334 g/mol. The van der Waals surface area contributed by atoms with Crippen LogP contribution in [0.15, 0.2) is 35.6 Å². The molecule has 0 aliphatic carbocycles. The number of ether oxygens (including phenoxy) is 1. The van der Waals surface area contributed by atoms with Crippen molar-refractivity contribution in [3.05, 3.63) is 47.0 Å². The molecule has 1 aliphatic heterocycles. The summed E-state index contributed by atoms with van der Waals surface area (Å²) in [5, 5.41) is 1.54. The lowest BCUT2D eigenvalue weighted by molar-refractivity contribution is -0.195. The number of alkyl halides is 3. The highest BCUT2D eigenvalue weighted by atomic mass is 19.4. The number of carbonyl (C=O) groups excluding carboxylic acids is 3. The van der Waals surface area contributed by atoms with Gasteiger partial charge in [-0.15, -0.1) is 0 Å². The molecule has 1 aromatic carbocycles. The van der Waals surface area contributed by atoms with Crippen LogP contribution in [-0.2, 0) is 14.3 Å². The molecule has 1 heterocycles. The third-order valence-electron chi connectivity index (χ3n) is 3.46. The van der Waals surface area contributed by atoms with Gasteiger partial charge in [-0.1, -0.05) is 0 Å². The maximum Gasteiger partial charge on any atom is 0.427 e. The highest BCUT2D eigenvalue weighted by Gasteiger charge is 2.69. The number of hydrogen-bond acceptors (Lipinski definition) is 4. The highest BCUT2D eigenvalue weighted by molar-refractivity contribution is 6.10. The van der Waals surface area contributed by atoms with E-state index in [1.807, 2.05) is 0 Å². The predicted molar refractivity (Wildman–Crippen MR) is 72.1 cm³/mol. The predicted octanol–water partition coefficient (Wildman–Crippen LogP) is 2.28. The Labute approximate surface area is 133 Å². The van der Waals surface area contributed by atoms with E-state index in [9.17, 15) is 31.9 Å². The van der Waals surface area contributed by atoms with Crippen molar-refractivity contribution in [3.63, 3.8) is 0 Å². The van der Waals surface area contributed by atoms with Crippen LogP contribution in [-0.4, -0.2) is 29.4 Å². The number of amides is 1. The number of halogens is 4. The van der Waals surface area contributed by atoms with E-state index in [0.717, 1.165) is 38.1 Å². The zero-order chi connectivity index (χ0) is 18.3. The summed E-state index contributed by atoms with van der Waals surface area (Å²) in [7, 11) is 0. The minimum atomic E-state index is -5.32. The first-order valence-corrected chi connectivity index (χ1v) is 6.60. The van der Waals surface area contributed by atoms with E-state index < -0.39 is 46.5 Å². The summed E-state index contributed by atoms with van der Waals surface area (Å²) >= 11 is 0. The molecular formula is C15H11F4NO4. The van der Waals surface area contributed by atoms with Crippen LogP contribution in [0.4, 0.5) is 17.6 Å². The molecule has 0 saturated heterocycles. The molecule has 0 spiro atoms. The van der Waals surface area contributed by atoms with E-state index in [1.165, 1.54) is 0 Å². The molecule has 0 unspecified atom stereocenters. The average Bonchev–Trinajstić information content (AvgIpc) is 2.70. The Kier molecular flexibility index (Phi) is 4.21. The monoisotopic (exact) mass is 345 g/mol. The third-order valence-corrected chi connectivity index (χ3v) is 3.46. The van der Waals surface area contributed by atoms with Crippen LogP contribution < -0.4 is 5.32 Å². The van der Waals surface area contributed by atoms with Gasteiger partial charge >= 0.3 is 12.1 Å². The van der Waals surface area contributed by atoms with Gasteiger partial charge in [0, 0.05) is 5.56 Å². The minimum absolute atomic E-state index is 0.319. The first kappa shape index (κ1) is 17.6. The van der Waals surface area contributed by atoms with E-state index in [4.69, 9.17) is 0 Å². The van der Waals surface area contributed by atoms with Gasteiger partial charge in [-0.2, -0.15) is 13.2 Å².